The first-order valence-corrected chi connectivity index (χ1v) is 5.49. The van der Waals surface area contributed by atoms with Crippen LogP contribution in [-0.4, -0.2) is 13.2 Å². The highest BCUT2D eigenvalue weighted by atomic mass is 16.5. The molecule has 0 aliphatic rings. The minimum atomic E-state index is 0.0376. The summed E-state index contributed by atoms with van der Waals surface area (Å²) in [4.78, 5) is 0. The maximum atomic E-state index is 5.74. The molecule has 1 aromatic carbocycles. The van der Waals surface area contributed by atoms with Crippen LogP contribution >= 0.6 is 0 Å². The Labute approximate surface area is 92.4 Å². The molecule has 2 N–H and O–H groups in total. The Morgan fingerprint density at radius 2 is 1.73 bits per heavy atom. The van der Waals surface area contributed by atoms with Crippen LogP contribution in [0.5, 0.6) is 0 Å². The third-order valence-electron chi connectivity index (χ3n) is 2.64. The van der Waals surface area contributed by atoms with Gasteiger partial charge in [0, 0.05) is 13.2 Å². The largest absolute Gasteiger partial charge is 0.372 e. The summed E-state index contributed by atoms with van der Waals surface area (Å²) in [5, 5.41) is 0. The van der Waals surface area contributed by atoms with Crippen molar-refractivity contribution in [2.45, 2.75) is 33.8 Å². The molecule has 1 atom stereocenters. The molecular formula is C13H21NO. The van der Waals surface area contributed by atoms with E-state index < -0.39 is 0 Å². The molecule has 0 heterocycles. The first-order valence-electron chi connectivity index (χ1n) is 5.49. The molecule has 15 heavy (non-hydrogen) atoms. The van der Waals surface area contributed by atoms with Crippen molar-refractivity contribution in [3.8, 4) is 0 Å². The Bertz CT molecular complexity index is 310. The van der Waals surface area contributed by atoms with Gasteiger partial charge in [0.15, 0.2) is 0 Å². The first-order chi connectivity index (χ1) is 7.10. The molecule has 0 aliphatic heterocycles. The predicted octanol–water partition coefficient (Wildman–Crippen LogP) is 2.65. The monoisotopic (exact) mass is 207 g/mol. The van der Waals surface area contributed by atoms with E-state index in [0.29, 0.717) is 13.2 Å². The smallest absolute Gasteiger partial charge is 0.0952 e. The SMILES string of the molecule is CCOC(CN)c1c(C)cc(C)cc1C. The van der Waals surface area contributed by atoms with Gasteiger partial charge in [0.25, 0.3) is 0 Å². The zero-order valence-electron chi connectivity index (χ0n) is 10.1. The van der Waals surface area contributed by atoms with Gasteiger partial charge in [-0.2, -0.15) is 0 Å². The summed E-state index contributed by atoms with van der Waals surface area (Å²) in [7, 11) is 0. The molecule has 0 aliphatic carbocycles. The molecule has 1 unspecified atom stereocenters. The molecule has 0 amide bonds. The Balaban J connectivity index is 3.11. The number of nitrogens with two attached hydrogens (primary N) is 1. The average Bonchev–Trinajstić information content (AvgIpc) is 2.14. The van der Waals surface area contributed by atoms with E-state index in [-0.39, 0.29) is 6.10 Å². The zero-order valence-corrected chi connectivity index (χ0v) is 10.1. The van der Waals surface area contributed by atoms with Crippen molar-refractivity contribution < 1.29 is 4.74 Å². The molecular weight excluding hydrogens is 186 g/mol. The Morgan fingerprint density at radius 1 is 1.20 bits per heavy atom. The molecule has 84 valence electrons. The lowest BCUT2D eigenvalue weighted by molar-refractivity contribution is 0.0680. The molecule has 2 heteroatoms. The van der Waals surface area contributed by atoms with Crippen LogP contribution in [0.2, 0.25) is 0 Å². The molecule has 2 nitrogen and oxygen atoms in total. The van der Waals surface area contributed by atoms with Crippen LogP contribution < -0.4 is 5.73 Å². The van der Waals surface area contributed by atoms with Gasteiger partial charge in [-0.15, -0.1) is 0 Å². The molecule has 0 spiro atoms. The quantitative estimate of drug-likeness (QED) is 0.823. The van der Waals surface area contributed by atoms with E-state index in [4.69, 9.17) is 10.5 Å². The van der Waals surface area contributed by atoms with Crippen molar-refractivity contribution in [2.75, 3.05) is 13.2 Å². The molecule has 0 saturated carbocycles. The minimum absolute atomic E-state index is 0.0376. The number of ether oxygens (including phenoxy) is 1. The van der Waals surface area contributed by atoms with Gasteiger partial charge in [0.05, 0.1) is 6.10 Å². The summed E-state index contributed by atoms with van der Waals surface area (Å²) >= 11 is 0. The summed E-state index contributed by atoms with van der Waals surface area (Å²) in [5.41, 5.74) is 10.8. The fraction of sp³-hybridized carbons (Fsp3) is 0.538. The van der Waals surface area contributed by atoms with E-state index in [2.05, 4.69) is 32.9 Å². The maximum Gasteiger partial charge on any atom is 0.0952 e. The van der Waals surface area contributed by atoms with Gasteiger partial charge in [-0.3, -0.25) is 0 Å². The van der Waals surface area contributed by atoms with E-state index in [1.807, 2.05) is 6.92 Å². The third kappa shape index (κ3) is 2.80. The van der Waals surface area contributed by atoms with E-state index in [1.54, 1.807) is 0 Å². The van der Waals surface area contributed by atoms with Crippen LogP contribution in [-0.2, 0) is 4.74 Å². The predicted molar refractivity (Wildman–Crippen MR) is 64.1 cm³/mol. The molecule has 0 saturated heterocycles. The second-order valence-corrected chi connectivity index (χ2v) is 3.99. The Morgan fingerprint density at radius 3 is 2.13 bits per heavy atom. The lowest BCUT2D eigenvalue weighted by Gasteiger charge is -2.20. The highest BCUT2D eigenvalue weighted by Gasteiger charge is 2.14. The highest BCUT2D eigenvalue weighted by molar-refractivity contribution is 5.39. The topological polar surface area (TPSA) is 35.2 Å². The van der Waals surface area contributed by atoms with Crippen LogP contribution in [0.25, 0.3) is 0 Å². The molecule has 0 bridgehead atoms. The molecule has 1 aromatic rings. The maximum absolute atomic E-state index is 5.74. The van der Waals surface area contributed by atoms with Gasteiger partial charge in [-0.1, -0.05) is 17.7 Å². The first kappa shape index (κ1) is 12.2. The van der Waals surface area contributed by atoms with Gasteiger partial charge in [0.2, 0.25) is 0 Å². The summed E-state index contributed by atoms with van der Waals surface area (Å²) in [5.74, 6) is 0. The van der Waals surface area contributed by atoms with Crippen molar-refractivity contribution >= 4 is 0 Å². The molecule has 0 fully saturated rings. The Kier molecular flexibility index (Phi) is 4.30. The number of hydrogen-bond acceptors (Lipinski definition) is 2. The molecule has 1 rings (SSSR count). The second kappa shape index (κ2) is 5.29. The van der Waals surface area contributed by atoms with Gasteiger partial charge in [-0.25, -0.2) is 0 Å². The lowest BCUT2D eigenvalue weighted by Crippen LogP contribution is -2.18. The fourth-order valence-electron chi connectivity index (χ4n) is 2.17. The van der Waals surface area contributed by atoms with Crippen LogP contribution in [0.1, 0.15) is 35.3 Å². The van der Waals surface area contributed by atoms with Gasteiger partial charge in [0.1, 0.15) is 0 Å². The van der Waals surface area contributed by atoms with Gasteiger partial charge >= 0.3 is 0 Å². The van der Waals surface area contributed by atoms with E-state index in [1.165, 1.54) is 22.3 Å². The highest BCUT2D eigenvalue weighted by Crippen LogP contribution is 2.25. The van der Waals surface area contributed by atoms with E-state index in [0.717, 1.165) is 0 Å². The molecule has 0 radical (unpaired) electrons. The van der Waals surface area contributed by atoms with Crippen LogP contribution in [0.4, 0.5) is 0 Å². The average molecular weight is 207 g/mol. The van der Waals surface area contributed by atoms with Crippen molar-refractivity contribution in [1.29, 1.82) is 0 Å². The van der Waals surface area contributed by atoms with Gasteiger partial charge in [-0.05, 0) is 44.4 Å². The number of rotatable bonds is 4. The third-order valence-corrected chi connectivity index (χ3v) is 2.64. The fourth-order valence-corrected chi connectivity index (χ4v) is 2.17. The minimum Gasteiger partial charge on any atom is -0.372 e. The standard InChI is InChI=1S/C13H21NO/c1-5-15-12(8-14)13-10(3)6-9(2)7-11(13)4/h6-7,12H,5,8,14H2,1-4H3. The normalized spacial score (nSPS) is 12.9. The summed E-state index contributed by atoms with van der Waals surface area (Å²) in [6, 6.07) is 4.37. The summed E-state index contributed by atoms with van der Waals surface area (Å²) in [6.45, 7) is 9.60. The van der Waals surface area contributed by atoms with Gasteiger partial charge < -0.3 is 10.5 Å². The number of hydrogen-bond donors (Lipinski definition) is 1. The van der Waals surface area contributed by atoms with Crippen molar-refractivity contribution in [1.82, 2.24) is 0 Å². The second-order valence-electron chi connectivity index (χ2n) is 3.99. The van der Waals surface area contributed by atoms with Crippen LogP contribution in [0.15, 0.2) is 12.1 Å². The summed E-state index contributed by atoms with van der Waals surface area (Å²) < 4.78 is 5.65. The molecule has 0 aromatic heterocycles. The zero-order chi connectivity index (χ0) is 11.4. The van der Waals surface area contributed by atoms with E-state index in [9.17, 15) is 0 Å². The van der Waals surface area contributed by atoms with E-state index >= 15 is 0 Å². The van der Waals surface area contributed by atoms with Crippen LogP contribution in [0.3, 0.4) is 0 Å². The number of benzene rings is 1. The lowest BCUT2D eigenvalue weighted by atomic mass is 9.95. The van der Waals surface area contributed by atoms with Crippen molar-refractivity contribution in [3.63, 3.8) is 0 Å². The summed E-state index contributed by atoms with van der Waals surface area (Å²) in [6.07, 6.45) is 0.0376. The van der Waals surface area contributed by atoms with Crippen molar-refractivity contribution in [2.24, 2.45) is 5.73 Å². The van der Waals surface area contributed by atoms with Crippen molar-refractivity contribution in [3.05, 3.63) is 34.4 Å². The Hall–Kier alpha value is -0.860. The van der Waals surface area contributed by atoms with Crippen LogP contribution in [0, 0.1) is 20.8 Å². The number of aryl methyl sites for hydroxylation is 3.